The van der Waals surface area contributed by atoms with Crippen LogP contribution in [-0.4, -0.2) is 18.1 Å². The highest BCUT2D eigenvalue weighted by Crippen LogP contribution is 2.26. The molecule has 0 amide bonds. The smallest absolute Gasteiger partial charge is 0.357 e. The van der Waals surface area contributed by atoms with Crippen LogP contribution in [0.3, 0.4) is 0 Å². The van der Waals surface area contributed by atoms with Gasteiger partial charge in [-0.25, -0.2) is 9.78 Å². The van der Waals surface area contributed by atoms with Gasteiger partial charge in [-0.3, -0.25) is 0 Å². The van der Waals surface area contributed by atoms with Crippen LogP contribution in [0.5, 0.6) is 0 Å². The Morgan fingerprint density at radius 3 is 2.60 bits per heavy atom. The number of esters is 1. The molecule has 0 aliphatic rings. The monoisotopic (exact) mass is 228 g/mol. The maximum Gasteiger partial charge on any atom is 0.357 e. The van der Waals surface area contributed by atoms with Crippen LogP contribution in [0.4, 0.5) is 0 Å². The van der Waals surface area contributed by atoms with Crippen molar-refractivity contribution < 1.29 is 9.53 Å². The Bertz CT molecular complexity index is 360. The predicted octanol–water partition coefficient (Wildman–Crippen LogP) is 1.89. The lowest BCUT2D eigenvalue weighted by atomic mass is 10.1. The SMILES string of the molecule is COC(=O)c1nc([C@@H](N)C(C)C)sc1C. The van der Waals surface area contributed by atoms with E-state index < -0.39 is 5.97 Å². The molecule has 2 N–H and O–H groups in total. The van der Waals surface area contributed by atoms with Crippen molar-refractivity contribution in [3.63, 3.8) is 0 Å². The molecule has 0 aliphatic heterocycles. The van der Waals surface area contributed by atoms with E-state index in [2.05, 4.69) is 9.72 Å². The number of nitrogens with zero attached hydrogens (tertiary/aromatic N) is 1. The zero-order valence-electron chi connectivity index (χ0n) is 9.40. The first kappa shape index (κ1) is 12.1. The molecular weight excluding hydrogens is 212 g/mol. The van der Waals surface area contributed by atoms with Gasteiger partial charge >= 0.3 is 5.97 Å². The molecule has 1 rings (SSSR count). The number of aryl methyl sites for hydroxylation is 1. The molecule has 5 heteroatoms. The van der Waals surface area contributed by atoms with Crippen LogP contribution in [0.1, 0.15) is 40.3 Å². The maximum atomic E-state index is 11.3. The highest BCUT2D eigenvalue weighted by Gasteiger charge is 2.20. The number of hydrogen-bond donors (Lipinski definition) is 1. The molecule has 1 aromatic rings. The second-order valence-corrected chi connectivity index (χ2v) is 4.95. The maximum absolute atomic E-state index is 11.3. The number of aromatic nitrogens is 1. The molecule has 0 spiro atoms. The van der Waals surface area contributed by atoms with E-state index in [9.17, 15) is 4.79 Å². The van der Waals surface area contributed by atoms with Crippen molar-refractivity contribution in [3.8, 4) is 0 Å². The first-order valence-corrected chi connectivity index (χ1v) is 5.60. The van der Waals surface area contributed by atoms with Gasteiger partial charge < -0.3 is 10.5 Å². The summed E-state index contributed by atoms with van der Waals surface area (Å²) < 4.78 is 4.64. The number of carbonyl (C=O) groups is 1. The largest absolute Gasteiger partial charge is 0.464 e. The fraction of sp³-hybridized carbons (Fsp3) is 0.600. The van der Waals surface area contributed by atoms with Crippen LogP contribution in [0, 0.1) is 12.8 Å². The molecule has 1 atom stereocenters. The van der Waals surface area contributed by atoms with Gasteiger partial charge in [-0.2, -0.15) is 0 Å². The molecular formula is C10H16N2O2S. The van der Waals surface area contributed by atoms with E-state index in [0.717, 1.165) is 9.88 Å². The quantitative estimate of drug-likeness (QED) is 0.802. The van der Waals surface area contributed by atoms with Crippen LogP contribution in [0.2, 0.25) is 0 Å². The number of ether oxygens (including phenoxy) is 1. The zero-order valence-corrected chi connectivity index (χ0v) is 10.2. The fourth-order valence-electron chi connectivity index (χ4n) is 1.13. The number of rotatable bonds is 3. The van der Waals surface area contributed by atoms with Crippen LogP contribution in [-0.2, 0) is 4.74 Å². The molecule has 0 radical (unpaired) electrons. The van der Waals surface area contributed by atoms with Gasteiger partial charge in [0, 0.05) is 4.88 Å². The van der Waals surface area contributed by atoms with Crippen molar-refractivity contribution >= 4 is 17.3 Å². The number of nitrogens with two attached hydrogens (primary N) is 1. The lowest BCUT2D eigenvalue weighted by Gasteiger charge is -2.11. The van der Waals surface area contributed by atoms with Gasteiger partial charge in [0.1, 0.15) is 5.01 Å². The molecule has 84 valence electrons. The fourth-order valence-corrected chi connectivity index (χ4v) is 2.22. The average molecular weight is 228 g/mol. The Morgan fingerprint density at radius 2 is 2.13 bits per heavy atom. The van der Waals surface area contributed by atoms with Crippen LogP contribution in [0.15, 0.2) is 0 Å². The van der Waals surface area contributed by atoms with E-state index in [1.54, 1.807) is 0 Å². The molecule has 0 fully saturated rings. The summed E-state index contributed by atoms with van der Waals surface area (Å²) in [5, 5.41) is 0.794. The third kappa shape index (κ3) is 2.54. The Labute approximate surface area is 93.5 Å². The van der Waals surface area contributed by atoms with Gasteiger partial charge in [0.25, 0.3) is 0 Å². The summed E-state index contributed by atoms with van der Waals surface area (Å²) >= 11 is 1.46. The van der Waals surface area contributed by atoms with Gasteiger partial charge in [-0.15, -0.1) is 11.3 Å². The standard InChI is InChI=1S/C10H16N2O2S/c1-5(2)7(11)9-12-8(6(3)15-9)10(13)14-4/h5,7H,11H2,1-4H3/t7-/m0/s1. The summed E-state index contributed by atoms with van der Waals surface area (Å²) in [7, 11) is 1.35. The van der Waals surface area contributed by atoms with Crippen molar-refractivity contribution in [2.45, 2.75) is 26.8 Å². The first-order valence-electron chi connectivity index (χ1n) is 4.78. The Balaban J connectivity index is 3.00. The molecule has 1 aromatic heterocycles. The summed E-state index contributed by atoms with van der Waals surface area (Å²) in [5.41, 5.74) is 6.34. The summed E-state index contributed by atoms with van der Waals surface area (Å²) in [6, 6.07) is -0.118. The second-order valence-electron chi connectivity index (χ2n) is 3.72. The molecule has 1 heterocycles. The van der Waals surface area contributed by atoms with Crippen molar-refractivity contribution in [2.75, 3.05) is 7.11 Å². The van der Waals surface area contributed by atoms with Crippen LogP contribution >= 0.6 is 11.3 Å². The third-order valence-corrected chi connectivity index (χ3v) is 3.27. The van der Waals surface area contributed by atoms with Crippen molar-refractivity contribution in [1.29, 1.82) is 0 Å². The minimum atomic E-state index is -0.397. The van der Waals surface area contributed by atoms with Gasteiger partial charge in [-0.1, -0.05) is 13.8 Å². The Kier molecular flexibility index (Phi) is 3.82. The molecule has 4 nitrogen and oxygen atoms in total. The Morgan fingerprint density at radius 1 is 1.53 bits per heavy atom. The molecule has 0 saturated heterocycles. The minimum Gasteiger partial charge on any atom is -0.464 e. The zero-order chi connectivity index (χ0) is 11.6. The van der Waals surface area contributed by atoms with Crippen molar-refractivity contribution in [1.82, 2.24) is 4.98 Å². The van der Waals surface area contributed by atoms with E-state index in [1.807, 2.05) is 20.8 Å². The van der Waals surface area contributed by atoms with E-state index >= 15 is 0 Å². The van der Waals surface area contributed by atoms with Gasteiger partial charge in [-0.05, 0) is 12.8 Å². The Hall–Kier alpha value is -0.940. The summed E-state index contributed by atoms with van der Waals surface area (Å²) in [6.07, 6.45) is 0. The third-order valence-electron chi connectivity index (χ3n) is 2.20. The molecule has 0 aromatic carbocycles. The highest BCUT2D eigenvalue weighted by atomic mass is 32.1. The summed E-state index contributed by atoms with van der Waals surface area (Å²) in [6.45, 7) is 5.90. The van der Waals surface area contributed by atoms with Gasteiger partial charge in [0.15, 0.2) is 5.69 Å². The number of thiazole rings is 1. The first-order chi connectivity index (χ1) is 6.97. The number of methoxy groups -OCH3 is 1. The molecule has 0 bridgehead atoms. The normalized spacial score (nSPS) is 12.9. The number of carbonyl (C=O) groups excluding carboxylic acids is 1. The topological polar surface area (TPSA) is 65.2 Å². The minimum absolute atomic E-state index is 0.118. The van der Waals surface area contributed by atoms with Crippen LogP contribution in [0.25, 0.3) is 0 Å². The molecule has 0 aliphatic carbocycles. The van der Waals surface area contributed by atoms with E-state index in [-0.39, 0.29) is 6.04 Å². The van der Waals surface area contributed by atoms with Crippen molar-refractivity contribution in [3.05, 3.63) is 15.6 Å². The molecule has 0 saturated carbocycles. The summed E-state index contributed by atoms with van der Waals surface area (Å²) in [5.74, 6) is -0.0907. The average Bonchev–Trinajstić information content (AvgIpc) is 2.57. The van der Waals surface area contributed by atoms with Crippen LogP contribution < -0.4 is 5.73 Å². The predicted molar refractivity (Wildman–Crippen MR) is 60.0 cm³/mol. The van der Waals surface area contributed by atoms with E-state index in [0.29, 0.717) is 11.6 Å². The van der Waals surface area contributed by atoms with E-state index in [1.165, 1.54) is 18.4 Å². The number of hydrogen-bond acceptors (Lipinski definition) is 5. The lowest BCUT2D eigenvalue weighted by Crippen LogP contribution is -2.16. The second kappa shape index (κ2) is 4.72. The summed E-state index contributed by atoms with van der Waals surface area (Å²) in [4.78, 5) is 16.4. The highest BCUT2D eigenvalue weighted by molar-refractivity contribution is 7.11. The molecule has 15 heavy (non-hydrogen) atoms. The van der Waals surface area contributed by atoms with Crippen molar-refractivity contribution in [2.24, 2.45) is 11.7 Å². The molecule has 0 unspecified atom stereocenters. The lowest BCUT2D eigenvalue weighted by molar-refractivity contribution is 0.0594. The van der Waals surface area contributed by atoms with Gasteiger partial charge in [0.2, 0.25) is 0 Å². The van der Waals surface area contributed by atoms with Gasteiger partial charge in [0.05, 0.1) is 13.2 Å². The van der Waals surface area contributed by atoms with E-state index in [4.69, 9.17) is 5.73 Å².